The molecular weight excluding hydrogens is 570 g/mol. The first kappa shape index (κ1) is 28.0. The number of ether oxygens (including phenoxy) is 1. The van der Waals surface area contributed by atoms with Gasteiger partial charge in [-0.1, -0.05) is 35.9 Å². The summed E-state index contributed by atoms with van der Waals surface area (Å²) in [4.78, 5) is 34.2. The molecule has 12 nitrogen and oxygen atoms in total. The second-order valence-electron chi connectivity index (χ2n) is 9.94. The molecule has 0 radical (unpaired) electrons. The van der Waals surface area contributed by atoms with Crippen LogP contribution in [0.5, 0.6) is 0 Å². The highest BCUT2D eigenvalue weighted by Crippen LogP contribution is 2.28. The first-order chi connectivity index (χ1) is 20.4. The quantitative estimate of drug-likeness (QED) is 0.261. The molecular formula is C27H29ClF2N10O2. The molecule has 2 aromatic heterocycles. The summed E-state index contributed by atoms with van der Waals surface area (Å²) in [7, 11) is 0. The molecule has 2 aliphatic rings. The van der Waals surface area contributed by atoms with E-state index in [0.717, 1.165) is 5.56 Å². The molecule has 2 amide bonds. The van der Waals surface area contributed by atoms with Crippen molar-refractivity contribution >= 4 is 40.6 Å². The number of hydrogen-bond acceptors (Lipinski definition) is 9. The fraction of sp³-hybridized carbons (Fsp3) is 0.370. The van der Waals surface area contributed by atoms with Crippen molar-refractivity contribution in [2.45, 2.75) is 25.4 Å². The lowest BCUT2D eigenvalue weighted by Crippen LogP contribution is -2.46. The summed E-state index contributed by atoms with van der Waals surface area (Å²) in [6.45, 7) is 3.46. The molecule has 6 rings (SSSR count). The summed E-state index contributed by atoms with van der Waals surface area (Å²) in [5.74, 6) is 0.170. The molecule has 0 bridgehead atoms. The third-order valence-electron chi connectivity index (χ3n) is 7.10. The zero-order valence-electron chi connectivity index (χ0n) is 22.5. The van der Waals surface area contributed by atoms with E-state index in [4.69, 9.17) is 16.3 Å². The van der Waals surface area contributed by atoms with E-state index in [1.54, 1.807) is 41.3 Å². The van der Waals surface area contributed by atoms with Crippen LogP contribution >= 0.6 is 11.6 Å². The van der Waals surface area contributed by atoms with Crippen molar-refractivity contribution in [3.05, 3.63) is 64.9 Å². The lowest BCUT2D eigenvalue weighted by atomic mass is 10.2. The van der Waals surface area contributed by atoms with E-state index in [1.165, 1.54) is 4.57 Å². The van der Waals surface area contributed by atoms with Gasteiger partial charge in [0.05, 0.1) is 24.2 Å². The number of carbonyl (C=O) groups is 1. The van der Waals surface area contributed by atoms with E-state index in [-0.39, 0.29) is 24.0 Å². The van der Waals surface area contributed by atoms with Crippen LogP contribution in [-0.4, -0.2) is 80.9 Å². The largest absolute Gasteiger partial charge is 0.378 e. The maximum absolute atomic E-state index is 14.1. The van der Waals surface area contributed by atoms with Crippen molar-refractivity contribution < 1.29 is 18.3 Å². The van der Waals surface area contributed by atoms with Crippen LogP contribution in [0.2, 0.25) is 5.02 Å². The first-order valence-electron chi connectivity index (χ1n) is 13.6. The zero-order chi connectivity index (χ0) is 29.1. The van der Waals surface area contributed by atoms with Crippen LogP contribution in [0.25, 0.3) is 17.0 Å². The van der Waals surface area contributed by atoms with Crippen molar-refractivity contribution in [2.24, 2.45) is 0 Å². The number of rotatable bonds is 8. The summed E-state index contributed by atoms with van der Waals surface area (Å²) < 4.78 is 34.9. The predicted molar refractivity (Wildman–Crippen MR) is 153 cm³/mol. The normalized spacial score (nSPS) is 17.3. The summed E-state index contributed by atoms with van der Waals surface area (Å²) in [6, 6.07) is 13.8. The van der Waals surface area contributed by atoms with Gasteiger partial charge in [0.2, 0.25) is 17.8 Å². The van der Waals surface area contributed by atoms with Gasteiger partial charge in [0.1, 0.15) is 0 Å². The zero-order valence-corrected chi connectivity index (χ0v) is 23.3. The van der Waals surface area contributed by atoms with E-state index < -0.39 is 12.2 Å². The molecule has 0 spiro atoms. The Morgan fingerprint density at radius 3 is 2.55 bits per heavy atom. The number of amides is 2. The van der Waals surface area contributed by atoms with Gasteiger partial charge in [0.15, 0.2) is 5.82 Å². The lowest BCUT2D eigenvalue weighted by molar-refractivity contribution is 0.122. The molecule has 220 valence electrons. The molecule has 2 aliphatic heterocycles. The Balaban J connectivity index is 1.19. The molecule has 15 heteroatoms. The van der Waals surface area contributed by atoms with Crippen molar-refractivity contribution in [1.29, 1.82) is 0 Å². The minimum atomic E-state index is -2.84. The molecule has 2 fully saturated rings. The van der Waals surface area contributed by atoms with Gasteiger partial charge >= 0.3 is 6.03 Å². The van der Waals surface area contributed by atoms with Gasteiger partial charge in [-0.3, -0.25) is 9.99 Å². The lowest BCUT2D eigenvalue weighted by Gasteiger charge is -2.27. The number of fused-ring (bicyclic) bond motifs is 1. The minimum absolute atomic E-state index is 0.0389. The monoisotopic (exact) mass is 598 g/mol. The summed E-state index contributed by atoms with van der Waals surface area (Å²) in [5.41, 5.74) is 7.51. The van der Waals surface area contributed by atoms with E-state index >= 15 is 0 Å². The van der Waals surface area contributed by atoms with Gasteiger partial charge in [0, 0.05) is 43.8 Å². The number of likely N-dealkylation sites (tertiary alicyclic amines) is 1. The Bertz CT molecular complexity index is 1550. The third kappa shape index (κ3) is 6.20. The Morgan fingerprint density at radius 2 is 1.76 bits per heavy atom. The minimum Gasteiger partial charge on any atom is -0.378 e. The fourth-order valence-electron chi connectivity index (χ4n) is 4.97. The van der Waals surface area contributed by atoms with Crippen LogP contribution in [0.3, 0.4) is 0 Å². The SMILES string of the molecule is O=C(NNCc1ccc(Cl)cc1)N1CCC(Nc2nc(N3CCOCC3)nc(-n3c(C(F)F)nc4ccccc43)n2)C1. The maximum atomic E-state index is 14.1. The van der Waals surface area contributed by atoms with Gasteiger partial charge < -0.3 is 19.9 Å². The first-order valence-corrected chi connectivity index (χ1v) is 14.0. The Hall–Kier alpha value is -4.14. The van der Waals surface area contributed by atoms with E-state index in [0.29, 0.717) is 74.4 Å². The number of anilines is 2. The number of hydrazine groups is 1. The van der Waals surface area contributed by atoms with Crippen LogP contribution < -0.4 is 21.1 Å². The van der Waals surface area contributed by atoms with E-state index in [1.807, 2.05) is 17.0 Å². The number of halogens is 3. The molecule has 3 N–H and O–H groups in total. The topological polar surface area (TPSA) is 125 Å². The molecule has 4 aromatic rings. The number of nitrogens with zero attached hydrogens (tertiary/aromatic N) is 7. The number of alkyl halides is 2. The number of imidazole rings is 1. The molecule has 0 aliphatic carbocycles. The van der Waals surface area contributed by atoms with Crippen molar-refractivity contribution in [3.63, 3.8) is 0 Å². The third-order valence-corrected chi connectivity index (χ3v) is 7.35. The van der Waals surface area contributed by atoms with Gasteiger partial charge in [0.25, 0.3) is 6.43 Å². The average molecular weight is 599 g/mol. The highest BCUT2D eigenvalue weighted by Gasteiger charge is 2.29. The molecule has 2 saturated heterocycles. The van der Waals surface area contributed by atoms with Gasteiger partial charge in [-0.2, -0.15) is 15.0 Å². The van der Waals surface area contributed by atoms with Gasteiger partial charge in [-0.15, -0.1) is 0 Å². The smallest absolute Gasteiger partial charge is 0.331 e. The number of nitrogens with one attached hydrogen (secondary N) is 3. The number of aromatic nitrogens is 5. The molecule has 42 heavy (non-hydrogen) atoms. The molecule has 1 atom stereocenters. The van der Waals surface area contributed by atoms with Crippen LogP contribution in [0.1, 0.15) is 24.2 Å². The van der Waals surface area contributed by atoms with Crippen molar-refractivity contribution in [3.8, 4) is 5.95 Å². The van der Waals surface area contributed by atoms with E-state index in [2.05, 4.69) is 36.1 Å². The van der Waals surface area contributed by atoms with E-state index in [9.17, 15) is 13.6 Å². The standard InChI is InChI=1S/C27H29ClF2N10O2/c28-18-7-5-17(6-8-18)15-31-37-27(41)39-10-9-19(16-39)32-24-34-25(38-11-13-42-14-12-38)36-26(35-24)40-21-4-2-1-3-20(21)33-23(40)22(29)30/h1-8,19,22,31H,9-16H2,(H,37,41)(H,32,34,35,36). The molecule has 1 unspecified atom stereocenters. The maximum Gasteiger partial charge on any atom is 0.331 e. The summed E-state index contributed by atoms with van der Waals surface area (Å²) in [5, 5.41) is 3.94. The Kier molecular flexibility index (Phi) is 8.26. The number of hydrogen-bond donors (Lipinski definition) is 3. The van der Waals surface area contributed by atoms with Crippen LogP contribution in [0.15, 0.2) is 48.5 Å². The second kappa shape index (κ2) is 12.4. The number of para-hydroxylation sites is 2. The Labute approximate surface area is 245 Å². The highest BCUT2D eigenvalue weighted by atomic mass is 35.5. The van der Waals surface area contributed by atoms with Crippen LogP contribution in [0.4, 0.5) is 25.5 Å². The number of morpholine rings is 1. The van der Waals surface area contributed by atoms with Crippen molar-refractivity contribution in [2.75, 3.05) is 49.6 Å². The molecule has 4 heterocycles. The molecule has 0 saturated carbocycles. The summed E-state index contributed by atoms with van der Waals surface area (Å²) >= 11 is 5.92. The van der Waals surface area contributed by atoms with Crippen molar-refractivity contribution in [1.82, 2.24) is 40.3 Å². The average Bonchev–Trinajstić information content (AvgIpc) is 3.64. The number of carbonyl (C=O) groups excluding carboxylic acids is 1. The van der Waals surface area contributed by atoms with Crippen LogP contribution in [-0.2, 0) is 11.3 Å². The van der Waals surface area contributed by atoms with Gasteiger partial charge in [-0.25, -0.2) is 24.0 Å². The predicted octanol–water partition coefficient (Wildman–Crippen LogP) is 3.54. The highest BCUT2D eigenvalue weighted by molar-refractivity contribution is 6.30. The Morgan fingerprint density at radius 1 is 1.00 bits per heavy atom. The number of benzene rings is 2. The second-order valence-corrected chi connectivity index (χ2v) is 10.4. The number of urea groups is 1. The van der Waals surface area contributed by atoms with Crippen LogP contribution in [0, 0.1) is 0 Å². The fourth-order valence-corrected chi connectivity index (χ4v) is 5.10. The molecule has 2 aromatic carbocycles. The van der Waals surface area contributed by atoms with Gasteiger partial charge in [-0.05, 0) is 36.2 Å². The summed E-state index contributed by atoms with van der Waals surface area (Å²) in [6.07, 6.45) is -2.19.